The van der Waals surface area contributed by atoms with Crippen molar-refractivity contribution in [2.24, 2.45) is 0 Å². The molecule has 0 saturated heterocycles. The largest absolute Gasteiger partial charge is 0.490 e. The van der Waals surface area contributed by atoms with Crippen molar-refractivity contribution in [3.8, 4) is 35.1 Å². The predicted molar refractivity (Wildman–Crippen MR) is 281 cm³/mol. The first-order chi connectivity index (χ1) is 32.6. The molecule has 364 valence electrons. The number of unbranched alkanes of at least 4 members (excludes halogenated alkanes) is 28. The van der Waals surface area contributed by atoms with Gasteiger partial charge >= 0.3 is 0 Å². The standard InChI is InChI=1S/C60H90N2O4/c1-5-9-13-17-21-25-29-33-37-63-57-43-53-51-41-49(47-61)50(48-62)42-52(51)54-44-58(64-38-34-30-26-22-18-14-10-6-2)60(66-40-36-32-28-24-20-16-12-8-4)46-56(54)55(53)45-59(57)65-39-35-31-27-23-19-15-11-7-3/h41-46H,5-40H2,1-4H3. The number of fused-ring (bicyclic) bond motifs is 6. The molecule has 0 fully saturated rings. The van der Waals surface area contributed by atoms with Crippen LogP contribution >= 0.6 is 0 Å². The molecule has 0 heterocycles. The number of rotatable bonds is 40. The van der Waals surface area contributed by atoms with Crippen LogP contribution in [0.1, 0.15) is 244 Å². The summed E-state index contributed by atoms with van der Waals surface area (Å²) in [6, 6.07) is 17.0. The van der Waals surface area contributed by atoms with Gasteiger partial charge in [-0.1, -0.05) is 207 Å². The van der Waals surface area contributed by atoms with Crippen molar-refractivity contribution in [3.63, 3.8) is 0 Å². The predicted octanol–water partition coefficient (Wildman–Crippen LogP) is 19.0. The molecule has 66 heavy (non-hydrogen) atoms. The van der Waals surface area contributed by atoms with Crippen LogP contribution in [-0.4, -0.2) is 26.4 Å². The molecule has 0 aliphatic heterocycles. The zero-order valence-electron chi connectivity index (χ0n) is 42.4. The van der Waals surface area contributed by atoms with Crippen LogP contribution in [0.25, 0.3) is 32.3 Å². The van der Waals surface area contributed by atoms with Gasteiger partial charge in [0.2, 0.25) is 0 Å². The maximum absolute atomic E-state index is 10.2. The molecule has 0 aliphatic rings. The molecule has 6 nitrogen and oxygen atoms in total. The molecule has 4 aromatic carbocycles. The Labute approximate surface area is 402 Å². The van der Waals surface area contributed by atoms with Crippen molar-refractivity contribution in [1.82, 2.24) is 0 Å². The van der Waals surface area contributed by atoms with E-state index in [1.54, 1.807) is 0 Å². The van der Waals surface area contributed by atoms with E-state index in [2.05, 4.69) is 64.1 Å². The fourth-order valence-electron chi connectivity index (χ4n) is 9.37. The zero-order valence-corrected chi connectivity index (χ0v) is 42.4. The van der Waals surface area contributed by atoms with Crippen molar-refractivity contribution in [1.29, 1.82) is 10.5 Å². The Bertz CT molecular complexity index is 1880. The quantitative estimate of drug-likeness (QED) is 0.0327. The van der Waals surface area contributed by atoms with Gasteiger partial charge in [0.15, 0.2) is 23.0 Å². The molecule has 4 rings (SSSR count). The summed E-state index contributed by atoms with van der Waals surface area (Å²) in [7, 11) is 0. The van der Waals surface area contributed by atoms with Crippen molar-refractivity contribution < 1.29 is 18.9 Å². The lowest BCUT2D eigenvalue weighted by Gasteiger charge is -2.19. The van der Waals surface area contributed by atoms with E-state index in [1.807, 2.05) is 12.1 Å². The Kier molecular flexibility index (Phi) is 28.2. The Morgan fingerprint density at radius 1 is 0.273 bits per heavy atom. The highest BCUT2D eigenvalue weighted by Crippen LogP contribution is 2.45. The van der Waals surface area contributed by atoms with Crippen molar-refractivity contribution in [2.45, 2.75) is 233 Å². The molecule has 0 atom stereocenters. The van der Waals surface area contributed by atoms with Gasteiger partial charge < -0.3 is 18.9 Å². The minimum absolute atomic E-state index is 0.374. The highest BCUT2D eigenvalue weighted by Gasteiger charge is 2.20. The summed E-state index contributed by atoms with van der Waals surface area (Å²) in [5.41, 5.74) is 0.747. The first-order valence-electron chi connectivity index (χ1n) is 27.5. The molecule has 0 saturated carbocycles. The van der Waals surface area contributed by atoms with Gasteiger partial charge in [0, 0.05) is 0 Å². The molecule has 0 spiro atoms. The number of hydrogen-bond donors (Lipinski definition) is 0. The van der Waals surface area contributed by atoms with E-state index >= 15 is 0 Å². The summed E-state index contributed by atoms with van der Waals surface area (Å²) in [5, 5.41) is 26.3. The van der Waals surface area contributed by atoms with Gasteiger partial charge in [0.05, 0.1) is 37.6 Å². The zero-order chi connectivity index (χ0) is 46.9. The van der Waals surface area contributed by atoms with Crippen LogP contribution in [0.2, 0.25) is 0 Å². The van der Waals surface area contributed by atoms with E-state index in [1.165, 1.54) is 154 Å². The van der Waals surface area contributed by atoms with Gasteiger partial charge in [-0.05, 0) is 94.4 Å². The van der Waals surface area contributed by atoms with Crippen LogP contribution in [0.4, 0.5) is 0 Å². The Morgan fingerprint density at radius 2 is 0.455 bits per heavy atom. The maximum Gasteiger partial charge on any atom is 0.161 e. The van der Waals surface area contributed by atoms with Crippen LogP contribution in [-0.2, 0) is 0 Å². The minimum Gasteiger partial charge on any atom is -0.490 e. The molecule has 0 aliphatic carbocycles. The third-order valence-electron chi connectivity index (χ3n) is 13.5. The third-order valence-corrected chi connectivity index (χ3v) is 13.5. The molecule has 6 heteroatoms. The van der Waals surface area contributed by atoms with Crippen molar-refractivity contribution in [2.75, 3.05) is 26.4 Å². The van der Waals surface area contributed by atoms with Crippen LogP contribution in [0.15, 0.2) is 36.4 Å². The lowest BCUT2D eigenvalue weighted by Crippen LogP contribution is -2.04. The third kappa shape index (κ3) is 19.2. The molecule has 0 N–H and O–H groups in total. The second kappa shape index (κ2) is 34.2. The molecule has 4 aromatic rings. The Morgan fingerprint density at radius 3 is 0.652 bits per heavy atom. The molecule has 0 unspecified atom stereocenters. The summed E-state index contributed by atoms with van der Waals surface area (Å²) >= 11 is 0. The summed E-state index contributed by atoms with van der Waals surface area (Å²) in [6.07, 6.45) is 39.7. The van der Waals surface area contributed by atoms with E-state index in [-0.39, 0.29) is 0 Å². The fourth-order valence-corrected chi connectivity index (χ4v) is 9.37. The number of nitrogens with zero attached hydrogens (tertiary/aromatic N) is 2. The smallest absolute Gasteiger partial charge is 0.161 e. The first kappa shape index (κ1) is 54.4. The van der Waals surface area contributed by atoms with Gasteiger partial charge in [0.25, 0.3) is 0 Å². The van der Waals surface area contributed by atoms with E-state index < -0.39 is 0 Å². The topological polar surface area (TPSA) is 84.5 Å². The average Bonchev–Trinajstić information content (AvgIpc) is 3.34. The van der Waals surface area contributed by atoms with Crippen molar-refractivity contribution >= 4 is 32.3 Å². The molecule has 0 radical (unpaired) electrons. The maximum atomic E-state index is 10.2. The lowest BCUT2D eigenvalue weighted by atomic mass is 9.91. The monoisotopic (exact) mass is 903 g/mol. The summed E-state index contributed by atoms with van der Waals surface area (Å²) in [6.45, 7) is 11.6. The molecular weight excluding hydrogens is 813 g/mol. The summed E-state index contributed by atoms with van der Waals surface area (Å²) < 4.78 is 26.7. The van der Waals surface area contributed by atoms with E-state index in [0.29, 0.717) is 37.6 Å². The number of nitriles is 2. The van der Waals surface area contributed by atoms with Gasteiger partial charge in [-0.15, -0.1) is 0 Å². The van der Waals surface area contributed by atoms with E-state index in [0.717, 1.165) is 107 Å². The van der Waals surface area contributed by atoms with Gasteiger partial charge in [0.1, 0.15) is 12.1 Å². The Hall–Kier alpha value is -4.16. The van der Waals surface area contributed by atoms with Crippen LogP contribution in [0.3, 0.4) is 0 Å². The molecule has 0 bridgehead atoms. The minimum atomic E-state index is 0.374. The van der Waals surface area contributed by atoms with Crippen molar-refractivity contribution in [3.05, 3.63) is 47.5 Å². The number of benzene rings is 4. The first-order valence-corrected chi connectivity index (χ1v) is 27.5. The highest BCUT2D eigenvalue weighted by atomic mass is 16.5. The summed E-state index contributed by atoms with van der Waals surface area (Å²) in [4.78, 5) is 0. The molecule has 0 amide bonds. The van der Waals surface area contributed by atoms with Gasteiger partial charge in [-0.3, -0.25) is 0 Å². The molecule has 0 aromatic heterocycles. The van der Waals surface area contributed by atoms with E-state index in [9.17, 15) is 10.5 Å². The second-order valence-corrected chi connectivity index (χ2v) is 19.1. The highest BCUT2D eigenvalue weighted by molar-refractivity contribution is 6.26. The van der Waals surface area contributed by atoms with E-state index in [4.69, 9.17) is 18.9 Å². The van der Waals surface area contributed by atoms with Crippen LogP contribution in [0.5, 0.6) is 23.0 Å². The van der Waals surface area contributed by atoms with Crippen LogP contribution in [0, 0.1) is 22.7 Å². The summed E-state index contributed by atoms with van der Waals surface area (Å²) in [5.74, 6) is 3.00. The number of ether oxygens (including phenoxy) is 4. The second-order valence-electron chi connectivity index (χ2n) is 19.1. The van der Waals surface area contributed by atoms with Gasteiger partial charge in [-0.25, -0.2) is 0 Å². The fraction of sp³-hybridized carbons (Fsp3) is 0.667. The average molecular weight is 903 g/mol. The SMILES string of the molecule is CCCCCCCCCCOc1cc2c3cc(C#N)c(C#N)cc3c3cc(OCCCCCCCCCC)c(OCCCCCCCCCC)cc3c2cc1OCCCCCCCCCC. The lowest BCUT2D eigenvalue weighted by molar-refractivity contribution is 0.258. The molecular formula is C60H90N2O4. The van der Waals surface area contributed by atoms with Gasteiger partial charge in [-0.2, -0.15) is 10.5 Å². The Balaban J connectivity index is 1.70. The van der Waals surface area contributed by atoms with Crippen LogP contribution < -0.4 is 18.9 Å². The normalized spacial score (nSPS) is 11.4. The number of hydrogen-bond acceptors (Lipinski definition) is 6.